The van der Waals surface area contributed by atoms with Crippen molar-refractivity contribution in [1.29, 1.82) is 0 Å². The summed E-state index contributed by atoms with van der Waals surface area (Å²) in [6.45, 7) is 4.33. The van der Waals surface area contributed by atoms with Crippen LogP contribution in [0.4, 0.5) is 9.18 Å². The molecule has 8 nitrogen and oxygen atoms in total. The predicted octanol–water partition coefficient (Wildman–Crippen LogP) is 2.58. The second-order valence-corrected chi connectivity index (χ2v) is 9.81. The summed E-state index contributed by atoms with van der Waals surface area (Å²) >= 11 is 5.99. The van der Waals surface area contributed by atoms with Crippen molar-refractivity contribution in [2.24, 2.45) is 5.73 Å². The van der Waals surface area contributed by atoms with Crippen LogP contribution < -0.4 is 10.5 Å². The second-order valence-electron chi connectivity index (χ2n) is 7.73. The number of nitrogens with one attached hydrogen (secondary N) is 1. The summed E-state index contributed by atoms with van der Waals surface area (Å²) in [7, 11) is -4.22. The van der Waals surface area contributed by atoms with Crippen molar-refractivity contribution >= 4 is 39.6 Å². The first-order valence-electron chi connectivity index (χ1n) is 10.1. The fourth-order valence-electron chi connectivity index (χ4n) is 3.69. The van der Waals surface area contributed by atoms with Gasteiger partial charge in [-0.2, -0.15) is 0 Å². The van der Waals surface area contributed by atoms with Gasteiger partial charge in [0, 0.05) is 43.3 Å². The Bertz CT molecular complexity index is 1170. The Hall–Kier alpha value is -2.95. The fraction of sp³-hybridized carbons (Fsp3) is 0.273. The minimum Gasteiger partial charge on any atom is -0.351 e. The maximum absolute atomic E-state index is 13.1. The largest absolute Gasteiger partial charge is 0.351 e. The molecule has 2 aromatic carbocycles. The van der Waals surface area contributed by atoms with Crippen LogP contribution in [0.1, 0.15) is 18.1 Å². The summed E-state index contributed by atoms with van der Waals surface area (Å²) in [5, 5.41) is 0.267. The lowest BCUT2D eigenvalue weighted by Gasteiger charge is -2.39. The van der Waals surface area contributed by atoms with Crippen molar-refractivity contribution in [2.75, 3.05) is 19.6 Å². The normalized spacial score (nSPS) is 17.3. The summed E-state index contributed by atoms with van der Waals surface area (Å²) in [5.41, 5.74) is 6.08. The Balaban J connectivity index is 1.69. The summed E-state index contributed by atoms with van der Waals surface area (Å²) in [5.74, 6) is -0.564. The van der Waals surface area contributed by atoms with E-state index in [1.54, 1.807) is 21.8 Å². The van der Waals surface area contributed by atoms with Gasteiger partial charge >= 0.3 is 6.03 Å². The monoisotopic (exact) mass is 494 g/mol. The lowest BCUT2D eigenvalue weighted by Crippen LogP contribution is -2.53. The second kappa shape index (κ2) is 10.3. The van der Waals surface area contributed by atoms with Crippen LogP contribution >= 0.6 is 11.6 Å². The van der Waals surface area contributed by atoms with Crippen LogP contribution in [0.3, 0.4) is 0 Å². The molecule has 1 aliphatic rings. The van der Waals surface area contributed by atoms with E-state index in [4.69, 9.17) is 17.3 Å². The predicted molar refractivity (Wildman–Crippen MR) is 123 cm³/mol. The Labute approximate surface area is 196 Å². The van der Waals surface area contributed by atoms with E-state index in [0.717, 1.165) is 5.56 Å². The number of rotatable bonds is 6. The van der Waals surface area contributed by atoms with E-state index >= 15 is 0 Å². The average Bonchev–Trinajstić information content (AvgIpc) is 2.73. The highest BCUT2D eigenvalue weighted by Crippen LogP contribution is 2.22. The molecule has 1 fully saturated rings. The quantitative estimate of drug-likeness (QED) is 0.599. The van der Waals surface area contributed by atoms with Gasteiger partial charge in [-0.25, -0.2) is 22.3 Å². The number of piperazine rings is 1. The SMILES string of the molecule is CC1CN(Cc2ccc(F)cc2)CCN1C(=O)/C=C/c1cc(Cl)ccc1S(=O)(=O)NC(N)=O. The summed E-state index contributed by atoms with van der Waals surface area (Å²) in [6, 6.07) is 8.99. The maximum atomic E-state index is 13.1. The molecule has 0 spiro atoms. The molecule has 0 radical (unpaired) electrons. The molecule has 0 saturated carbocycles. The third-order valence-corrected chi connectivity index (χ3v) is 6.87. The van der Waals surface area contributed by atoms with Crippen LogP contribution in [0.5, 0.6) is 0 Å². The van der Waals surface area contributed by atoms with Crippen molar-refractivity contribution in [3.63, 3.8) is 0 Å². The topological polar surface area (TPSA) is 113 Å². The molecule has 1 heterocycles. The van der Waals surface area contributed by atoms with Gasteiger partial charge in [-0.05, 0) is 54.5 Å². The molecule has 1 aliphatic heterocycles. The number of nitrogens with two attached hydrogens (primary N) is 1. The number of carbonyl (C=O) groups excluding carboxylic acids is 2. The van der Waals surface area contributed by atoms with Gasteiger partial charge in [-0.15, -0.1) is 0 Å². The number of sulfonamides is 1. The van der Waals surface area contributed by atoms with Gasteiger partial charge in [0.15, 0.2) is 0 Å². The van der Waals surface area contributed by atoms with E-state index in [9.17, 15) is 22.4 Å². The molecule has 1 atom stereocenters. The zero-order valence-electron chi connectivity index (χ0n) is 17.9. The molecular weight excluding hydrogens is 471 g/mol. The van der Waals surface area contributed by atoms with Crippen molar-refractivity contribution in [3.8, 4) is 0 Å². The van der Waals surface area contributed by atoms with Gasteiger partial charge < -0.3 is 10.6 Å². The molecule has 3 amide bonds. The molecule has 33 heavy (non-hydrogen) atoms. The zero-order chi connectivity index (χ0) is 24.2. The number of urea groups is 1. The molecule has 0 aromatic heterocycles. The molecule has 1 saturated heterocycles. The number of halogens is 2. The first-order chi connectivity index (χ1) is 15.5. The van der Waals surface area contributed by atoms with Gasteiger partial charge in [0.05, 0.1) is 4.90 Å². The van der Waals surface area contributed by atoms with Crippen LogP contribution in [0, 0.1) is 5.82 Å². The van der Waals surface area contributed by atoms with E-state index in [-0.39, 0.29) is 33.2 Å². The summed E-state index contributed by atoms with van der Waals surface area (Å²) in [6.07, 6.45) is 2.63. The molecular formula is C22H24ClFN4O4S. The lowest BCUT2D eigenvalue weighted by atomic mass is 10.1. The average molecular weight is 495 g/mol. The van der Waals surface area contributed by atoms with Crippen molar-refractivity contribution in [2.45, 2.75) is 24.4 Å². The number of benzene rings is 2. The molecule has 0 bridgehead atoms. The lowest BCUT2D eigenvalue weighted by molar-refractivity contribution is -0.130. The van der Waals surface area contributed by atoms with E-state index in [1.807, 2.05) is 6.92 Å². The van der Waals surface area contributed by atoms with Gasteiger partial charge in [0.1, 0.15) is 5.82 Å². The molecule has 0 aliphatic carbocycles. The standard InChI is InChI=1S/C22H24ClFN4O4S/c1-15-13-27(14-16-2-6-19(24)7-3-16)10-11-28(15)21(29)9-4-17-12-18(23)5-8-20(17)33(31,32)26-22(25)30/h2-9,12,15H,10-11,13-14H2,1H3,(H3,25,26,30)/b9-4+. The van der Waals surface area contributed by atoms with Crippen molar-refractivity contribution < 1.29 is 22.4 Å². The minimum absolute atomic E-state index is 0.0876. The highest BCUT2D eigenvalue weighted by Gasteiger charge is 2.26. The molecule has 11 heteroatoms. The summed E-state index contributed by atoms with van der Waals surface area (Å²) < 4.78 is 39.5. The third kappa shape index (κ3) is 6.53. The van der Waals surface area contributed by atoms with Crippen LogP contribution in [-0.2, 0) is 21.4 Å². The number of carbonyl (C=O) groups is 2. The smallest absolute Gasteiger partial charge is 0.326 e. The van der Waals surface area contributed by atoms with Crippen molar-refractivity contribution in [1.82, 2.24) is 14.5 Å². The third-order valence-electron chi connectivity index (χ3n) is 5.22. The van der Waals surface area contributed by atoms with Gasteiger partial charge in [-0.3, -0.25) is 9.69 Å². The van der Waals surface area contributed by atoms with Crippen LogP contribution in [-0.4, -0.2) is 55.8 Å². The summed E-state index contributed by atoms with van der Waals surface area (Å²) in [4.78, 5) is 27.5. The molecule has 1 unspecified atom stereocenters. The number of hydrogen-bond acceptors (Lipinski definition) is 5. The minimum atomic E-state index is -4.22. The van der Waals surface area contributed by atoms with E-state index < -0.39 is 16.1 Å². The molecule has 3 N–H and O–H groups in total. The maximum Gasteiger partial charge on any atom is 0.326 e. The van der Waals surface area contributed by atoms with E-state index in [0.29, 0.717) is 26.2 Å². The Morgan fingerprint density at radius 3 is 2.55 bits per heavy atom. The van der Waals surface area contributed by atoms with E-state index in [1.165, 1.54) is 42.5 Å². The van der Waals surface area contributed by atoms with Gasteiger partial charge in [-0.1, -0.05) is 23.7 Å². The van der Waals surface area contributed by atoms with Crippen molar-refractivity contribution in [3.05, 3.63) is 70.5 Å². The molecule has 3 rings (SSSR count). The van der Waals surface area contributed by atoms with E-state index in [2.05, 4.69) is 4.90 Å². The molecule has 176 valence electrons. The number of hydrogen-bond donors (Lipinski definition) is 2. The highest BCUT2D eigenvalue weighted by atomic mass is 35.5. The van der Waals surface area contributed by atoms with Gasteiger partial charge in [0.2, 0.25) is 5.91 Å². The number of nitrogens with zero attached hydrogens (tertiary/aromatic N) is 2. The highest BCUT2D eigenvalue weighted by molar-refractivity contribution is 7.90. The first-order valence-corrected chi connectivity index (χ1v) is 12.0. The Morgan fingerprint density at radius 1 is 1.21 bits per heavy atom. The number of amides is 3. The van der Waals surface area contributed by atoms with Gasteiger partial charge in [0.25, 0.3) is 10.0 Å². The zero-order valence-corrected chi connectivity index (χ0v) is 19.4. The first kappa shape index (κ1) is 24.7. The Kier molecular flexibility index (Phi) is 7.72. The molecule has 2 aromatic rings. The Morgan fingerprint density at radius 2 is 1.91 bits per heavy atom. The fourth-order valence-corrected chi connectivity index (χ4v) is 4.93. The van der Waals surface area contributed by atoms with Crippen LogP contribution in [0.25, 0.3) is 6.08 Å². The number of primary amides is 1. The van der Waals surface area contributed by atoms with Crippen LogP contribution in [0.15, 0.2) is 53.4 Å². The van der Waals surface area contributed by atoms with Crippen LogP contribution in [0.2, 0.25) is 5.02 Å².